The molecule has 2 aromatic carbocycles. The van der Waals surface area contributed by atoms with Gasteiger partial charge in [-0.3, -0.25) is 4.90 Å². The Balaban J connectivity index is 1.43. The fraction of sp³-hybridized carbons (Fsp3) is 0.552. The van der Waals surface area contributed by atoms with Crippen molar-refractivity contribution in [3.8, 4) is 5.75 Å². The topological polar surface area (TPSA) is 38.8 Å². The first-order chi connectivity index (χ1) is 17.4. The van der Waals surface area contributed by atoms with Gasteiger partial charge < -0.3 is 9.47 Å². The predicted molar refractivity (Wildman–Crippen MR) is 138 cm³/mol. The number of carbonyl (C=O) groups is 1. The molecule has 4 rings (SSSR count). The molecule has 202 valence electrons. The second-order valence-corrected chi connectivity index (χ2v) is 11.6. The van der Waals surface area contributed by atoms with Crippen molar-refractivity contribution in [2.45, 2.75) is 83.0 Å². The molecular weight excluding hydrogens is 503 g/mol. The van der Waals surface area contributed by atoms with Crippen LogP contribution in [0.3, 0.4) is 0 Å². The summed E-state index contributed by atoms with van der Waals surface area (Å²) in [5, 5.41) is 0.372. The number of piperidine rings is 1. The Morgan fingerprint density at radius 1 is 1.16 bits per heavy atom. The molecule has 1 saturated carbocycles. The zero-order valence-electron chi connectivity index (χ0n) is 21.9. The lowest BCUT2D eigenvalue weighted by molar-refractivity contribution is 0.00277. The van der Waals surface area contributed by atoms with Gasteiger partial charge >= 0.3 is 5.97 Å². The quantitative estimate of drug-likeness (QED) is 0.322. The van der Waals surface area contributed by atoms with Crippen molar-refractivity contribution < 1.29 is 27.4 Å². The number of benzene rings is 2. The van der Waals surface area contributed by atoms with E-state index in [-0.39, 0.29) is 48.5 Å². The van der Waals surface area contributed by atoms with Gasteiger partial charge in [-0.05, 0) is 88.1 Å². The van der Waals surface area contributed by atoms with E-state index < -0.39 is 23.1 Å². The second kappa shape index (κ2) is 10.9. The number of halogens is 4. The van der Waals surface area contributed by atoms with Gasteiger partial charge in [-0.2, -0.15) is 0 Å². The highest BCUT2D eigenvalue weighted by atomic mass is 35.5. The van der Waals surface area contributed by atoms with Crippen LogP contribution in [0.4, 0.5) is 13.2 Å². The molecule has 4 nitrogen and oxygen atoms in total. The second-order valence-electron chi connectivity index (χ2n) is 11.2. The van der Waals surface area contributed by atoms with Crippen LogP contribution in [0.15, 0.2) is 30.3 Å². The summed E-state index contributed by atoms with van der Waals surface area (Å²) >= 11 is 6.30. The van der Waals surface area contributed by atoms with Gasteiger partial charge in [-0.15, -0.1) is 0 Å². The van der Waals surface area contributed by atoms with Crippen LogP contribution in [0.25, 0.3) is 0 Å². The molecule has 0 spiro atoms. The molecule has 0 radical (unpaired) electrons. The minimum atomic E-state index is -1.57. The van der Waals surface area contributed by atoms with Crippen molar-refractivity contribution >= 4 is 17.6 Å². The first-order valence-electron chi connectivity index (χ1n) is 13.0. The number of hydrogen-bond acceptors (Lipinski definition) is 4. The largest absolute Gasteiger partial charge is 0.490 e. The molecule has 1 saturated heterocycles. The fourth-order valence-electron chi connectivity index (χ4n) is 4.93. The van der Waals surface area contributed by atoms with Gasteiger partial charge in [-0.25, -0.2) is 18.0 Å². The summed E-state index contributed by atoms with van der Waals surface area (Å²) in [6.07, 6.45) is 3.08. The molecule has 2 aliphatic rings. The normalized spacial score (nSPS) is 18.9. The van der Waals surface area contributed by atoms with E-state index in [1.807, 2.05) is 6.92 Å². The van der Waals surface area contributed by atoms with Gasteiger partial charge in [0.15, 0.2) is 0 Å². The van der Waals surface area contributed by atoms with Gasteiger partial charge in [0.05, 0.1) is 5.56 Å². The van der Waals surface area contributed by atoms with Gasteiger partial charge in [0.2, 0.25) is 0 Å². The van der Waals surface area contributed by atoms with Crippen LogP contribution in [0.1, 0.15) is 93.2 Å². The molecule has 37 heavy (non-hydrogen) atoms. The van der Waals surface area contributed by atoms with Crippen molar-refractivity contribution in [3.05, 3.63) is 63.7 Å². The summed E-state index contributed by atoms with van der Waals surface area (Å²) in [6.45, 7) is 8.00. The third kappa shape index (κ3) is 6.80. The van der Waals surface area contributed by atoms with E-state index in [0.717, 1.165) is 30.4 Å². The van der Waals surface area contributed by atoms with Crippen LogP contribution in [-0.2, 0) is 4.74 Å². The van der Waals surface area contributed by atoms with Gasteiger partial charge in [0.1, 0.15) is 35.3 Å². The molecule has 0 aromatic heterocycles. The number of likely N-dealkylation sites (tertiary alicyclic amines) is 1. The SMILES string of the molecule is CCC(c1ccc(F)cc1Cl)N1CCC(F)(COc2cc(F)c(C(=O)OC(C)(C)C)cc2C2CC2)CC1. The Morgan fingerprint density at radius 2 is 1.84 bits per heavy atom. The monoisotopic (exact) mass is 537 g/mol. The number of rotatable bonds is 8. The maximum Gasteiger partial charge on any atom is 0.341 e. The van der Waals surface area contributed by atoms with E-state index in [2.05, 4.69) is 4.90 Å². The summed E-state index contributed by atoms with van der Waals surface area (Å²) in [4.78, 5) is 14.7. The molecule has 0 bridgehead atoms. The number of hydrogen-bond donors (Lipinski definition) is 0. The van der Waals surface area contributed by atoms with Crippen molar-refractivity contribution in [3.63, 3.8) is 0 Å². The van der Waals surface area contributed by atoms with Crippen molar-refractivity contribution in [2.24, 2.45) is 0 Å². The third-order valence-electron chi connectivity index (χ3n) is 7.06. The zero-order chi connectivity index (χ0) is 27.0. The Bertz CT molecular complexity index is 1140. The number of alkyl halides is 1. The molecule has 1 atom stereocenters. The summed E-state index contributed by atoms with van der Waals surface area (Å²) in [7, 11) is 0. The lowest BCUT2D eigenvalue weighted by Crippen LogP contribution is -2.46. The average molecular weight is 538 g/mol. The van der Waals surface area contributed by atoms with Crippen molar-refractivity contribution in [2.75, 3.05) is 19.7 Å². The lowest BCUT2D eigenvalue weighted by atomic mass is 9.91. The molecule has 8 heteroatoms. The lowest BCUT2D eigenvalue weighted by Gasteiger charge is -2.40. The van der Waals surface area contributed by atoms with Crippen LogP contribution < -0.4 is 4.74 Å². The van der Waals surface area contributed by atoms with E-state index >= 15 is 4.39 Å². The highest BCUT2D eigenvalue weighted by Gasteiger charge is 2.39. The van der Waals surface area contributed by atoms with Crippen LogP contribution in [0.2, 0.25) is 5.02 Å². The van der Waals surface area contributed by atoms with Gasteiger partial charge in [-0.1, -0.05) is 24.6 Å². The minimum Gasteiger partial charge on any atom is -0.490 e. The molecule has 1 unspecified atom stereocenters. The Labute approximate surface area is 222 Å². The fourth-order valence-corrected chi connectivity index (χ4v) is 5.23. The maximum atomic E-state index is 15.8. The Hall–Kier alpha value is -2.25. The molecule has 0 N–H and O–H groups in total. The van der Waals surface area contributed by atoms with Gasteiger partial charge in [0.25, 0.3) is 0 Å². The Morgan fingerprint density at radius 3 is 2.41 bits per heavy atom. The maximum absolute atomic E-state index is 15.8. The summed E-state index contributed by atoms with van der Waals surface area (Å²) in [5.74, 6) is -1.39. The van der Waals surface area contributed by atoms with Crippen molar-refractivity contribution in [1.82, 2.24) is 4.90 Å². The molecule has 1 heterocycles. The highest BCUT2D eigenvalue weighted by molar-refractivity contribution is 6.31. The number of ether oxygens (including phenoxy) is 2. The van der Waals surface area contributed by atoms with Crippen molar-refractivity contribution in [1.29, 1.82) is 0 Å². The molecular formula is C29H35ClF3NO3. The smallest absolute Gasteiger partial charge is 0.341 e. The minimum absolute atomic E-state index is 0.0328. The molecule has 1 aliphatic carbocycles. The molecule has 1 aliphatic heterocycles. The summed E-state index contributed by atoms with van der Waals surface area (Å²) in [6, 6.07) is 7.06. The Kier molecular flexibility index (Phi) is 8.15. The molecule has 2 aromatic rings. The molecule has 2 fully saturated rings. The summed E-state index contributed by atoms with van der Waals surface area (Å²) < 4.78 is 55.4. The van der Waals surface area contributed by atoms with Crippen LogP contribution >= 0.6 is 11.6 Å². The van der Waals surface area contributed by atoms with E-state index in [0.29, 0.717) is 18.1 Å². The first kappa shape index (κ1) is 27.8. The number of esters is 1. The van der Waals surface area contributed by atoms with Crippen LogP contribution in [0, 0.1) is 11.6 Å². The van der Waals surface area contributed by atoms with E-state index in [4.69, 9.17) is 21.1 Å². The van der Waals surface area contributed by atoms with E-state index in [1.165, 1.54) is 24.3 Å². The van der Waals surface area contributed by atoms with Gasteiger partial charge in [0, 0.05) is 30.2 Å². The standard InChI is InChI=1S/C29H35ClF3NO3/c1-5-25(20-9-8-19(31)14-23(20)30)34-12-10-29(33,11-13-34)17-36-26-16-24(32)22(15-21(26)18-6-7-18)27(35)37-28(2,3)4/h8-9,14-16,18,25H,5-7,10-13,17H2,1-4H3. The number of nitrogens with zero attached hydrogens (tertiary/aromatic N) is 1. The third-order valence-corrected chi connectivity index (χ3v) is 7.39. The molecule has 0 amide bonds. The van der Waals surface area contributed by atoms with E-state index in [9.17, 15) is 13.6 Å². The van der Waals surface area contributed by atoms with Crippen LogP contribution in [0.5, 0.6) is 5.75 Å². The summed E-state index contributed by atoms with van der Waals surface area (Å²) in [5.41, 5.74) is -0.879. The number of carbonyl (C=O) groups excluding carboxylic acids is 1. The first-order valence-corrected chi connectivity index (χ1v) is 13.3. The van der Waals surface area contributed by atoms with E-state index in [1.54, 1.807) is 26.8 Å². The highest BCUT2D eigenvalue weighted by Crippen LogP contribution is 2.46. The zero-order valence-corrected chi connectivity index (χ0v) is 22.6. The average Bonchev–Trinajstić information content (AvgIpc) is 3.65. The van der Waals surface area contributed by atoms with Crippen LogP contribution in [-0.4, -0.2) is 41.8 Å². The predicted octanol–water partition coefficient (Wildman–Crippen LogP) is 7.79.